The third-order valence-electron chi connectivity index (χ3n) is 5.69. The Morgan fingerprint density at radius 2 is 2.00 bits per heavy atom. The summed E-state index contributed by atoms with van der Waals surface area (Å²) in [6.45, 7) is 5.13. The number of hydrogen-bond acceptors (Lipinski definition) is 4. The van der Waals surface area contributed by atoms with Gasteiger partial charge in [0.1, 0.15) is 27.9 Å². The molecule has 0 aliphatic heterocycles. The number of carbonyl (C=O) groups excluding carboxylic acids is 1. The predicted molar refractivity (Wildman–Crippen MR) is 123 cm³/mol. The second-order valence-electron chi connectivity index (χ2n) is 7.72. The highest BCUT2D eigenvalue weighted by atomic mass is 32.2. The van der Waals surface area contributed by atoms with Crippen molar-refractivity contribution in [2.75, 3.05) is 0 Å². The normalized spacial score (nSPS) is 18.2. The molecule has 2 N–H and O–H groups in total. The van der Waals surface area contributed by atoms with Gasteiger partial charge >= 0.3 is 0 Å². The van der Waals surface area contributed by atoms with E-state index >= 15 is 0 Å². The van der Waals surface area contributed by atoms with Gasteiger partial charge in [0, 0.05) is 17.1 Å². The van der Waals surface area contributed by atoms with Gasteiger partial charge in [-0.3, -0.25) is 4.79 Å². The predicted octanol–water partition coefficient (Wildman–Crippen LogP) is 5.06. The van der Waals surface area contributed by atoms with E-state index in [-0.39, 0.29) is 17.7 Å². The lowest BCUT2D eigenvalue weighted by molar-refractivity contribution is 0.0996. The summed E-state index contributed by atoms with van der Waals surface area (Å²) in [4.78, 5) is 11.4. The van der Waals surface area contributed by atoms with Gasteiger partial charge in [-0.1, -0.05) is 24.8 Å². The number of nitrogens with two attached hydrogens (primary N) is 1. The topological polar surface area (TPSA) is 91.4 Å². The van der Waals surface area contributed by atoms with Crippen molar-refractivity contribution in [1.82, 2.24) is 3.97 Å². The molecular weight excluding hydrogens is 450 g/mol. The monoisotopic (exact) mass is 470 g/mol. The van der Waals surface area contributed by atoms with E-state index in [4.69, 9.17) is 10.5 Å². The van der Waals surface area contributed by atoms with Crippen LogP contribution in [-0.4, -0.2) is 23.0 Å². The Morgan fingerprint density at radius 3 is 2.67 bits per heavy atom. The summed E-state index contributed by atoms with van der Waals surface area (Å²) < 4.78 is 60.3. The number of rotatable bonds is 6. The van der Waals surface area contributed by atoms with E-state index < -0.39 is 32.3 Å². The van der Waals surface area contributed by atoms with Gasteiger partial charge in [0.25, 0.3) is 15.9 Å². The number of halogens is 2. The summed E-state index contributed by atoms with van der Waals surface area (Å²) in [6.07, 6.45) is 7.08. The van der Waals surface area contributed by atoms with E-state index in [1.165, 1.54) is 49.5 Å². The van der Waals surface area contributed by atoms with Crippen LogP contribution in [-0.2, 0) is 10.0 Å². The van der Waals surface area contributed by atoms with Crippen LogP contribution in [0.15, 0.2) is 73.2 Å². The molecule has 1 heterocycles. The number of amides is 1. The first-order valence-corrected chi connectivity index (χ1v) is 11.4. The van der Waals surface area contributed by atoms with Crippen molar-refractivity contribution in [2.24, 2.45) is 5.73 Å². The molecule has 0 saturated heterocycles. The standard InChI is InChI=1S/C24H20F2N2O4S/c1-3-16-17-11-13-28(33(30,31)24(2)12-5-4-6-22(24)26)20(17)9-10-21(16)32-15-7-8-19(25)18(14-15)23(27)29/h3-11,13-14H,1,12H2,2H3,(H2,27,29). The molecule has 1 aliphatic rings. The van der Waals surface area contributed by atoms with Gasteiger partial charge in [-0.15, -0.1) is 0 Å². The molecule has 0 saturated carbocycles. The molecule has 1 amide bonds. The maximum atomic E-state index is 14.6. The highest BCUT2D eigenvalue weighted by molar-refractivity contribution is 7.91. The molecule has 4 rings (SSSR count). The SMILES string of the molecule is C=Cc1c(Oc2ccc(F)c(C(N)=O)c2)ccc2c1ccn2S(=O)(=O)C1(C)CC=CC=C1F. The van der Waals surface area contributed by atoms with Gasteiger partial charge in [-0.05, 0) is 55.8 Å². The van der Waals surface area contributed by atoms with Crippen molar-refractivity contribution in [3.8, 4) is 11.5 Å². The lowest BCUT2D eigenvalue weighted by atomic mass is 10.0. The first-order valence-electron chi connectivity index (χ1n) is 9.92. The van der Waals surface area contributed by atoms with Crippen molar-refractivity contribution < 1.29 is 26.7 Å². The average molecular weight is 470 g/mol. The average Bonchev–Trinajstić information content (AvgIpc) is 3.21. The Labute approximate surface area is 189 Å². The van der Waals surface area contributed by atoms with Gasteiger partial charge in [0.2, 0.25) is 0 Å². The Balaban J connectivity index is 1.80. The Bertz CT molecular complexity index is 1470. The third kappa shape index (κ3) is 3.54. The molecule has 1 aliphatic carbocycles. The largest absolute Gasteiger partial charge is 0.457 e. The van der Waals surface area contributed by atoms with Crippen LogP contribution in [0.2, 0.25) is 0 Å². The molecule has 33 heavy (non-hydrogen) atoms. The fourth-order valence-electron chi connectivity index (χ4n) is 3.75. The van der Waals surface area contributed by atoms with Crippen LogP contribution >= 0.6 is 0 Å². The van der Waals surface area contributed by atoms with Gasteiger partial charge < -0.3 is 10.5 Å². The molecule has 6 nitrogen and oxygen atoms in total. The fourth-order valence-corrected chi connectivity index (χ4v) is 5.45. The molecule has 9 heteroatoms. The molecule has 3 aromatic rings. The van der Waals surface area contributed by atoms with E-state index in [0.717, 1.165) is 16.1 Å². The number of allylic oxidation sites excluding steroid dienone is 3. The summed E-state index contributed by atoms with van der Waals surface area (Å²) in [7, 11) is -4.16. The molecule has 0 fully saturated rings. The number of hydrogen-bond donors (Lipinski definition) is 1. The molecular formula is C24H20F2N2O4S. The van der Waals surface area contributed by atoms with E-state index in [9.17, 15) is 22.0 Å². The minimum atomic E-state index is -4.16. The lowest BCUT2D eigenvalue weighted by Gasteiger charge is -2.29. The zero-order valence-electron chi connectivity index (χ0n) is 17.6. The van der Waals surface area contributed by atoms with E-state index in [0.29, 0.717) is 22.2 Å². The molecule has 1 atom stereocenters. The number of ether oxygens (including phenoxy) is 1. The molecule has 170 valence electrons. The first-order chi connectivity index (χ1) is 15.6. The van der Waals surface area contributed by atoms with Crippen LogP contribution in [0, 0.1) is 5.82 Å². The van der Waals surface area contributed by atoms with Crippen molar-refractivity contribution >= 4 is 32.9 Å². The van der Waals surface area contributed by atoms with Gasteiger partial charge in [0.15, 0.2) is 0 Å². The van der Waals surface area contributed by atoms with Crippen molar-refractivity contribution in [2.45, 2.75) is 18.1 Å². The highest BCUT2D eigenvalue weighted by Gasteiger charge is 2.45. The van der Waals surface area contributed by atoms with Gasteiger partial charge in [-0.2, -0.15) is 0 Å². The summed E-state index contributed by atoms with van der Waals surface area (Å²) in [5.41, 5.74) is 5.65. The Kier molecular flexibility index (Phi) is 5.45. The molecule has 0 bridgehead atoms. The number of carbonyl (C=O) groups is 1. The van der Waals surface area contributed by atoms with E-state index in [1.807, 2.05) is 0 Å². The van der Waals surface area contributed by atoms with Crippen LogP contribution in [0.4, 0.5) is 8.78 Å². The minimum Gasteiger partial charge on any atom is -0.457 e. The summed E-state index contributed by atoms with van der Waals surface area (Å²) in [5.74, 6) is -1.99. The Hall–Kier alpha value is -3.72. The minimum absolute atomic E-state index is 0.000384. The van der Waals surface area contributed by atoms with Crippen molar-refractivity contribution in [3.63, 3.8) is 0 Å². The van der Waals surface area contributed by atoms with Crippen molar-refractivity contribution in [1.29, 1.82) is 0 Å². The lowest BCUT2D eigenvalue weighted by Crippen LogP contribution is -2.40. The van der Waals surface area contributed by atoms with E-state index in [1.54, 1.807) is 12.1 Å². The number of benzene rings is 2. The van der Waals surface area contributed by atoms with Crippen LogP contribution in [0.5, 0.6) is 11.5 Å². The van der Waals surface area contributed by atoms with Crippen LogP contribution in [0.25, 0.3) is 17.0 Å². The summed E-state index contributed by atoms with van der Waals surface area (Å²) in [6, 6.07) is 8.19. The number of aromatic nitrogens is 1. The quantitative estimate of drug-likeness (QED) is 0.545. The summed E-state index contributed by atoms with van der Waals surface area (Å²) >= 11 is 0. The third-order valence-corrected chi connectivity index (χ3v) is 8.03. The molecule has 1 aromatic heterocycles. The summed E-state index contributed by atoms with van der Waals surface area (Å²) in [5, 5.41) is 0.502. The number of primary amides is 1. The van der Waals surface area contributed by atoms with Gasteiger partial charge in [0.05, 0.1) is 11.1 Å². The maximum absolute atomic E-state index is 14.6. The molecule has 1 unspecified atom stereocenters. The fraction of sp³-hybridized carbons (Fsp3) is 0.125. The Morgan fingerprint density at radius 1 is 1.24 bits per heavy atom. The van der Waals surface area contributed by atoms with Crippen LogP contribution in [0.1, 0.15) is 29.3 Å². The maximum Gasteiger partial charge on any atom is 0.251 e. The zero-order valence-corrected chi connectivity index (χ0v) is 18.4. The van der Waals surface area contributed by atoms with Crippen molar-refractivity contribution in [3.05, 3.63) is 90.2 Å². The van der Waals surface area contributed by atoms with E-state index in [2.05, 4.69) is 6.58 Å². The molecule has 0 radical (unpaired) electrons. The number of fused-ring (bicyclic) bond motifs is 1. The second kappa shape index (κ2) is 8.00. The second-order valence-corrected chi connectivity index (χ2v) is 9.96. The highest BCUT2D eigenvalue weighted by Crippen LogP contribution is 2.39. The molecule has 2 aromatic carbocycles. The van der Waals surface area contributed by atoms with Crippen LogP contribution in [0.3, 0.4) is 0 Å². The zero-order chi connectivity index (χ0) is 24.0. The van der Waals surface area contributed by atoms with Crippen LogP contribution < -0.4 is 10.5 Å². The smallest absolute Gasteiger partial charge is 0.251 e. The first kappa shape index (κ1) is 22.5. The number of nitrogens with zero attached hydrogens (tertiary/aromatic N) is 1. The molecule has 0 spiro atoms. The van der Waals surface area contributed by atoms with Gasteiger partial charge in [-0.25, -0.2) is 21.2 Å².